The van der Waals surface area contributed by atoms with Crippen LogP contribution in [-0.4, -0.2) is 30.1 Å². The van der Waals surface area contributed by atoms with E-state index in [1.165, 1.54) is 18.2 Å². The number of hydrogen-bond donors (Lipinski definition) is 1. The van der Waals surface area contributed by atoms with Crippen LogP contribution < -0.4 is 10.1 Å². The van der Waals surface area contributed by atoms with Crippen molar-refractivity contribution in [2.75, 3.05) is 13.2 Å². The van der Waals surface area contributed by atoms with Crippen LogP contribution in [0, 0.1) is 10.1 Å². The standard InChI is InChI=1S/C18H17ClN2O5/c19-16-10-13(21(23)24)6-7-17(16)26-14-4-1-3-12(9-14)18(22)20-11-15-5-2-8-25-15/h1,3-4,6-7,9-10,15H,2,5,8,11H2,(H,20,22)/t15-/m1/s1. The van der Waals surface area contributed by atoms with Crippen LogP contribution >= 0.6 is 11.6 Å². The van der Waals surface area contributed by atoms with Gasteiger partial charge in [-0.15, -0.1) is 0 Å². The second kappa shape index (κ2) is 8.16. The number of ether oxygens (including phenoxy) is 2. The minimum atomic E-state index is -0.533. The second-order valence-electron chi connectivity index (χ2n) is 5.85. The number of benzene rings is 2. The van der Waals surface area contributed by atoms with Crippen LogP contribution in [0.15, 0.2) is 42.5 Å². The second-order valence-corrected chi connectivity index (χ2v) is 6.25. The van der Waals surface area contributed by atoms with Gasteiger partial charge in [0.25, 0.3) is 11.6 Å². The molecule has 0 saturated carbocycles. The van der Waals surface area contributed by atoms with Crippen molar-refractivity contribution >= 4 is 23.2 Å². The average Bonchev–Trinajstić information content (AvgIpc) is 3.15. The van der Waals surface area contributed by atoms with Crippen LogP contribution in [0.25, 0.3) is 0 Å². The summed E-state index contributed by atoms with van der Waals surface area (Å²) in [7, 11) is 0. The molecule has 2 aromatic rings. The largest absolute Gasteiger partial charge is 0.456 e. The first-order chi connectivity index (χ1) is 12.5. The number of nitro benzene ring substituents is 1. The Labute approximate surface area is 155 Å². The van der Waals surface area contributed by atoms with E-state index in [-0.39, 0.29) is 28.5 Å². The van der Waals surface area contributed by atoms with Gasteiger partial charge in [0.05, 0.1) is 16.0 Å². The topological polar surface area (TPSA) is 90.7 Å². The summed E-state index contributed by atoms with van der Waals surface area (Å²) in [5, 5.41) is 13.7. The fraction of sp³-hybridized carbons (Fsp3) is 0.278. The number of carbonyl (C=O) groups is 1. The summed E-state index contributed by atoms with van der Waals surface area (Å²) in [4.78, 5) is 22.5. The number of nitrogens with zero attached hydrogens (tertiary/aromatic N) is 1. The molecule has 136 valence electrons. The first-order valence-corrected chi connectivity index (χ1v) is 8.52. The molecule has 1 heterocycles. The Morgan fingerprint density at radius 1 is 1.35 bits per heavy atom. The predicted molar refractivity (Wildman–Crippen MR) is 95.9 cm³/mol. The first kappa shape index (κ1) is 18.2. The molecule has 1 fully saturated rings. The predicted octanol–water partition coefficient (Wildman–Crippen LogP) is 3.95. The molecule has 1 amide bonds. The zero-order valence-corrected chi connectivity index (χ0v) is 14.6. The zero-order chi connectivity index (χ0) is 18.5. The number of rotatable bonds is 6. The van der Waals surface area contributed by atoms with Gasteiger partial charge in [0.1, 0.15) is 11.5 Å². The molecular weight excluding hydrogens is 360 g/mol. The Morgan fingerprint density at radius 3 is 2.88 bits per heavy atom. The van der Waals surface area contributed by atoms with Gasteiger partial charge in [-0.25, -0.2) is 0 Å². The van der Waals surface area contributed by atoms with Crippen LogP contribution in [0.5, 0.6) is 11.5 Å². The summed E-state index contributed by atoms with van der Waals surface area (Å²) in [6, 6.07) is 10.6. The lowest BCUT2D eigenvalue weighted by molar-refractivity contribution is -0.384. The Morgan fingerprint density at radius 2 is 2.19 bits per heavy atom. The van der Waals surface area contributed by atoms with E-state index in [0.717, 1.165) is 19.4 Å². The first-order valence-electron chi connectivity index (χ1n) is 8.14. The van der Waals surface area contributed by atoms with E-state index in [1.807, 2.05) is 0 Å². The van der Waals surface area contributed by atoms with E-state index in [2.05, 4.69) is 5.32 Å². The summed E-state index contributed by atoms with van der Waals surface area (Å²) in [6.45, 7) is 1.21. The van der Waals surface area contributed by atoms with Crippen LogP contribution in [0.3, 0.4) is 0 Å². The van der Waals surface area contributed by atoms with E-state index >= 15 is 0 Å². The molecule has 1 saturated heterocycles. The SMILES string of the molecule is O=C(NC[C@H]1CCCO1)c1cccc(Oc2ccc([N+](=O)[O-])cc2Cl)c1. The Hall–Kier alpha value is -2.64. The lowest BCUT2D eigenvalue weighted by atomic mass is 10.2. The molecule has 3 rings (SSSR count). The molecule has 0 unspecified atom stereocenters. The molecule has 0 spiro atoms. The maximum Gasteiger partial charge on any atom is 0.271 e. The van der Waals surface area contributed by atoms with Crippen molar-refractivity contribution in [3.8, 4) is 11.5 Å². The van der Waals surface area contributed by atoms with Crippen LogP contribution in [0.1, 0.15) is 23.2 Å². The van der Waals surface area contributed by atoms with Crippen molar-refractivity contribution in [1.82, 2.24) is 5.32 Å². The number of nitro groups is 1. The highest BCUT2D eigenvalue weighted by Gasteiger charge is 2.17. The van der Waals surface area contributed by atoms with Crippen molar-refractivity contribution in [3.05, 3.63) is 63.2 Å². The third-order valence-electron chi connectivity index (χ3n) is 3.96. The number of nitrogens with one attached hydrogen (secondary N) is 1. The molecule has 8 heteroatoms. The van der Waals surface area contributed by atoms with Gasteiger partial charge in [0.15, 0.2) is 0 Å². The van der Waals surface area contributed by atoms with Crippen LogP contribution in [-0.2, 0) is 4.74 Å². The van der Waals surface area contributed by atoms with Gasteiger partial charge in [-0.05, 0) is 37.1 Å². The Bertz CT molecular complexity index is 821. The fourth-order valence-electron chi connectivity index (χ4n) is 2.63. The average molecular weight is 377 g/mol. The number of amides is 1. The molecule has 0 radical (unpaired) electrons. The highest BCUT2D eigenvalue weighted by molar-refractivity contribution is 6.32. The molecule has 1 atom stereocenters. The summed E-state index contributed by atoms with van der Waals surface area (Å²) >= 11 is 6.03. The summed E-state index contributed by atoms with van der Waals surface area (Å²) in [6.07, 6.45) is 2.03. The maximum atomic E-state index is 12.3. The van der Waals surface area contributed by atoms with Crippen molar-refractivity contribution in [2.45, 2.75) is 18.9 Å². The Balaban J connectivity index is 1.67. The van der Waals surface area contributed by atoms with Crippen molar-refractivity contribution in [3.63, 3.8) is 0 Å². The molecule has 2 aromatic carbocycles. The lowest BCUT2D eigenvalue weighted by Gasteiger charge is -2.12. The van der Waals surface area contributed by atoms with Gasteiger partial charge in [-0.1, -0.05) is 17.7 Å². The molecule has 0 aliphatic carbocycles. The summed E-state index contributed by atoms with van der Waals surface area (Å²) in [5.74, 6) is 0.459. The molecule has 1 N–H and O–H groups in total. The minimum Gasteiger partial charge on any atom is -0.456 e. The summed E-state index contributed by atoms with van der Waals surface area (Å²) in [5.41, 5.74) is 0.322. The van der Waals surface area contributed by atoms with Gasteiger partial charge < -0.3 is 14.8 Å². The van der Waals surface area contributed by atoms with E-state index in [9.17, 15) is 14.9 Å². The van der Waals surface area contributed by atoms with E-state index in [0.29, 0.717) is 17.9 Å². The van der Waals surface area contributed by atoms with Crippen molar-refractivity contribution < 1.29 is 19.2 Å². The Kier molecular flexibility index (Phi) is 5.70. The van der Waals surface area contributed by atoms with E-state index < -0.39 is 4.92 Å². The maximum absolute atomic E-state index is 12.3. The van der Waals surface area contributed by atoms with Gasteiger partial charge in [-0.3, -0.25) is 14.9 Å². The highest BCUT2D eigenvalue weighted by Crippen LogP contribution is 2.32. The van der Waals surface area contributed by atoms with Crippen molar-refractivity contribution in [2.24, 2.45) is 0 Å². The van der Waals surface area contributed by atoms with Crippen LogP contribution in [0.4, 0.5) is 5.69 Å². The van der Waals surface area contributed by atoms with Gasteiger partial charge in [0, 0.05) is 30.8 Å². The quantitative estimate of drug-likeness (QED) is 0.609. The molecule has 0 aromatic heterocycles. The monoisotopic (exact) mass is 376 g/mol. The van der Waals surface area contributed by atoms with Crippen molar-refractivity contribution in [1.29, 1.82) is 0 Å². The van der Waals surface area contributed by atoms with Gasteiger partial charge in [-0.2, -0.15) is 0 Å². The summed E-state index contributed by atoms with van der Waals surface area (Å²) < 4.78 is 11.1. The number of carbonyl (C=O) groups excluding carboxylic acids is 1. The number of hydrogen-bond acceptors (Lipinski definition) is 5. The van der Waals surface area contributed by atoms with Gasteiger partial charge >= 0.3 is 0 Å². The van der Waals surface area contributed by atoms with Gasteiger partial charge in [0.2, 0.25) is 0 Å². The lowest BCUT2D eigenvalue weighted by Crippen LogP contribution is -2.31. The molecule has 1 aliphatic heterocycles. The van der Waals surface area contributed by atoms with E-state index in [4.69, 9.17) is 21.1 Å². The molecule has 1 aliphatic rings. The van der Waals surface area contributed by atoms with E-state index in [1.54, 1.807) is 24.3 Å². The molecule has 7 nitrogen and oxygen atoms in total. The number of non-ortho nitro benzene ring substituents is 1. The number of halogens is 1. The third kappa shape index (κ3) is 4.50. The zero-order valence-electron chi connectivity index (χ0n) is 13.8. The highest BCUT2D eigenvalue weighted by atomic mass is 35.5. The normalized spacial score (nSPS) is 16.3. The fourth-order valence-corrected chi connectivity index (χ4v) is 2.84. The smallest absolute Gasteiger partial charge is 0.271 e. The van der Waals surface area contributed by atoms with Crippen LogP contribution in [0.2, 0.25) is 5.02 Å². The molecular formula is C18H17ClN2O5. The minimum absolute atomic E-state index is 0.0669. The third-order valence-corrected chi connectivity index (χ3v) is 4.26. The molecule has 26 heavy (non-hydrogen) atoms. The molecule has 0 bridgehead atoms.